The predicted molar refractivity (Wildman–Crippen MR) is 74.3 cm³/mol. The van der Waals surface area contributed by atoms with Crippen molar-refractivity contribution in [3.8, 4) is 0 Å². The normalized spacial score (nSPS) is 12.9. The van der Waals surface area contributed by atoms with Gasteiger partial charge in [-0.15, -0.1) is 5.10 Å². The van der Waals surface area contributed by atoms with E-state index in [1.807, 2.05) is 6.92 Å². The molecule has 7 nitrogen and oxygen atoms in total. The Balaban J connectivity index is 2.30. The van der Waals surface area contributed by atoms with Crippen molar-refractivity contribution in [1.29, 1.82) is 0 Å². The Kier molecular flexibility index (Phi) is 4.26. The van der Waals surface area contributed by atoms with Gasteiger partial charge in [-0.1, -0.05) is 19.1 Å². The second-order valence-corrected chi connectivity index (χ2v) is 5.84. The highest BCUT2D eigenvalue weighted by Crippen LogP contribution is 2.19. The minimum atomic E-state index is -3.75. The lowest BCUT2D eigenvalue weighted by atomic mass is 10.1. The third kappa shape index (κ3) is 3.28. The molecule has 1 atom stereocenters. The number of aromatic nitrogens is 3. The summed E-state index contributed by atoms with van der Waals surface area (Å²) >= 11 is 0. The monoisotopic (exact) mass is 293 g/mol. The fourth-order valence-corrected chi connectivity index (χ4v) is 2.62. The van der Waals surface area contributed by atoms with Crippen molar-refractivity contribution in [3.63, 3.8) is 0 Å². The van der Waals surface area contributed by atoms with E-state index >= 15 is 0 Å². The van der Waals surface area contributed by atoms with Crippen LogP contribution in [0.25, 0.3) is 0 Å². The van der Waals surface area contributed by atoms with Crippen molar-refractivity contribution in [2.45, 2.75) is 24.3 Å². The molecule has 0 bridgehead atoms. The Morgan fingerprint density at radius 3 is 2.80 bits per heavy atom. The van der Waals surface area contributed by atoms with Crippen molar-refractivity contribution in [3.05, 3.63) is 42.2 Å². The van der Waals surface area contributed by atoms with Gasteiger partial charge in [0.1, 0.15) is 0 Å². The predicted octanol–water partition coefficient (Wildman–Crippen LogP) is 1.08. The van der Waals surface area contributed by atoms with Crippen molar-refractivity contribution in [2.75, 3.05) is 4.72 Å². The van der Waals surface area contributed by atoms with Crippen LogP contribution in [0.1, 0.15) is 24.9 Å². The van der Waals surface area contributed by atoms with E-state index in [9.17, 15) is 8.42 Å². The van der Waals surface area contributed by atoms with E-state index in [4.69, 9.17) is 5.73 Å². The first-order valence-corrected chi connectivity index (χ1v) is 7.53. The number of anilines is 1. The summed E-state index contributed by atoms with van der Waals surface area (Å²) in [6.07, 6.45) is 3.44. The molecule has 3 N–H and O–H groups in total. The van der Waals surface area contributed by atoms with Gasteiger partial charge < -0.3 is 5.73 Å². The molecule has 8 heteroatoms. The van der Waals surface area contributed by atoms with Crippen LogP contribution in [0.5, 0.6) is 0 Å². The first kappa shape index (κ1) is 14.4. The van der Waals surface area contributed by atoms with Crippen molar-refractivity contribution in [1.82, 2.24) is 15.2 Å². The third-order valence-corrected chi connectivity index (χ3v) is 4.07. The molecular weight excluding hydrogens is 278 g/mol. The number of nitrogens with two attached hydrogens (primary N) is 1. The van der Waals surface area contributed by atoms with Crippen LogP contribution in [0, 0.1) is 0 Å². The summed E-state index contributed by atoms with van der Waals surface area (Å²) in [5.41, 5.74) is 6.68. The molecule has 0 aliphatic rings. The van der Waals surface area contributed by atoms with Gasteiger partial charge in [-0.25, -0.2) is 18.1 Å². The molecule has 20 heavy (non-hydrogen) atoms. The highest BCUT2D eigenvalue weighted by molar-refractivity contribution is 7.92. The van der Waals surface area contributed by atoms with Crippen LogP contribution in [0.4, 0.5) is 5.95 Å². The van der Waals surface area contributed by atoms with Crippen LogP contribution >= 0.6 is 0 Å². The van der Waals surface area contributed by atoms with Gasteiger partial charge in [-0.3, -0.25) is 0 Å². The van der Waals surface area contributed by atoms with Gasteiger partial charge in [-0.2, -0.15) is 5.10 Å². The fourth-order valence-electron chi connectivity index (χ4n) is 1.62. The maximum atomic E-state index is 12.2. The highest BCUT2D eigenvalue weighted by atomic mass is 32.2. The molecule has 1 unspecified atom stereocenters. The van der Waals surface area contributed by atoms with Crippen LogP contribution in [-0.2, 0) is 10.0 Å². The minimum absolute atomic E-state index is 0.0716. The van der Waals surface area contributed by atoms with Gasteiger partial charge in [0.05, 0.1) is 17.3 Å². The molecule has 0 fully saturated rings. The van der Waals surface area contributed by atoms with Gasteiger partial charge in [0.2, 0.25) is 0 Å². The van der Waals surface area contributed by atoms with Crippen LogP contribution in [0.15, 0.2) is 41.6 Å². The maximum absolute atomic E-state index is 12.2. The van der Waals surface area contributed by atoms with Gasteiger partial charge >= 0.3 is 0 Å². The SMILES string of the molecule is CCC(N)c1cccc(S(=O)(=O)Nc2nccnn2)c1. The first-order valence-electron chi connectivity index (χ1n) is 6.05. The zero-order valence-corrected chi connectivity index (χ0v) is 11.7. The Bertz CT molecular complexity index is 675. The van der Waals surface area contributed by atoms with Gasteiger partial charge in [0, 0.05) is 6.04 Å². The summed E-state index contributed by atoms with van der Waals surface area (Å²) in [6, 6.07) is 6.30. The average Bonchev–Trinajstić information content (AvgIpc) is 2.47. The Morgan fingerprint density at radius 2 is 2.15 bits per heavy atom. The average molecular weight is 293 g/mol. The zero-order chi connectivity index (χ0) is 14.6. The summed E-state index contributed by atoms with van der Waals surface area (Å²) in [4.78, 5) is 3.89. The number of rotatable bonds is 5. The number of nitrogens with zero attached hydrogens (tertiary/aromatic N) is 3. The molecule has 0 aliphatic carbocycles. The second-order valence-electron chi connectivity index (χ2n) is 4.16. The molecule has 2 rings (SSSR count). The van der Waals surface area contributed by atoms with E-state index in [0.717, 1.165) is 12.0 Å². The highest BCUT2D eigenvalue weighted by Gasteiger charge is 2.17. The molecule has 1 aromatic carbocycles. The quantitative estimate of drug-likeness (QED) is 0.853. The molecular formula is C12H15N5O2S. The van der Waals surface area contributed by atoms with Crippen molar-refractivity contribution < 1.29 is 8.42 Å². The van der Waals surface area contributed by atoms with E-state index in [2.05, 4.69) is 19.9 Å². The number of benzene rings is 1. The standard InChI is InChI=1S/C12H15N5O2S/c1-2-11(13)9-4-3-5-10(8-9)20(18,19)17-12-14-6-7-15-16-12/h3-8,11H,2,13H2,1H3,(H,14,16,17). The molecule has 0 spiro atoms. The number of nitrogens with one attached hydrogen (secondary N) is 1. The van der Waals surface area contributed by atoms with Crippen molar-refractivity contribution >= 4 is 16.0 Å². The molecule has 1 heterocycles. The summed E-state index contributed by atoms with van der Waals surface area (Å²) in [7, 11) is -3.75. The summed E-state index contributed by atoms with van der Waals surface area (Å²) in [5.74, 6) is -0.0716. The molecule has 0 saturated heterocycles. The van der Waals surface area contributed by atoms with Crippen LogP contribution in [-0.4, -0.2) is 23.6 Å². The van der Waals surface area contributed by atoms with E-state index < -0.39 is 10.0 Å². The lowest BCUT2D eigenvalue weighted by Crippen LogP contribution is -2.16. The number of hydrogen-bond donors (Lipinski definition) is 2. The topological polar surface area (TPSA) is 111 Å². The zero-order valence-electron chi connectivity index (χ0n) is 10.9. The molecule has 106 valence electrons. The lowest BCUT2D eigenvalue weighted by Gasteiger charge is -2.11. The Morgan fingerprint density at radius 1 is 1.35 bits per heavy atom. The van der Waals surface area contributed by atoms with Gasteiger partial charge in [-0.05, 0) is 24.1 Å². The summed E-state index contributed by atoms with van der Waals surface area (Å²) in [6.45, 7) is 1.94. The Hall–Kier alpha value is -2.06. The number of sulfonamides is 1. The molecule has 0 saturated carbocycles. The molecule has 2 aromatic rings. The minimum Gasteiger partial charge on any atom is -0.324 e. The molecule has 0 aliphatic heterocycles. The largest absolute Gasteiger partial charge is 0.324 e. The molecule has 0 radical (unpaired) electrons. The first-order chi connectivity index (χ1) is 9.53. The lowest BCUT2D eigenvalue weighted by molar-refractivity contribution is 0.600. The van der Waals surface area contributed by atoms with E-state index in [0.29, 0.717) is 0 Å². The summed E-state index contributed by atoms with van der Waals surface area (Å²) in [5, 5.41) is 7.15. The third-order valence-electron chi connectivity index (χ3n) is 2.74. The smallest absolute Gasteiger partial charge is 0.264 e. The van der Waals surface area contributed by atoms with Crippen LogP contribution in [0.2, 0.25) is 0 Å². The molecule has 1 aromatic heterocycles. The van der Waals surface area contributed by atoms with Gasteiger partial charge in [0.15, 0.2) is 0 Å². The van der Waals surface area contributed by atoms with Gasteiger partial charge in [0.25, 0.3) is 16.0 Å². The summed E-state index contributed by atoms with van der Waals surface area (Å²) < 4.78 is 26.7. The van der Waals surface area contributed by atoms with E-state index in [1.54, 1.807) is 18.2 Å². The van der Waals surface area contributed by atoms with Crippen LogP contribution in [0.3, 0.4) is 0 Å². The second kappa shape index (κ2) is 5.93. The maximum Gasteiger partial charge on any atom is 0.264 e. The van der Waals surface area contributed by atoms with Crippen molar-refractivity contribution in [2.24, 2.45) is 5.73 Å². The number of hydrogen-bond acceptors (Lipinski definition) is 6. The Labute approximate surface area is 117 Å². The van der Waals surface area contributed by atoms with E-state index in [1.165, 1.54) is 18.5 Å². The van der Waals surface area contributed by atoms with Crippen LogP contribution < -0.4 is 10.5 Å². The molecule has 0 amide bonds. The van der Waals surface area contributed by atoms with E-state index in [-0.39, 0.29) is 16.9 Å². The fraction of sp³-hybridized carbons (Fsp3) is 0.250.